The number of rotatable bonds is 2. The predicted molar refractivity (Wildman–Crippen MR) is 76.0 cm³/mol. The second kappa shape index (κ2) is 5.29. The van der Waals surface area contributed by atoms with Crippen LogP contribution in [-0.4, -0.2) is 10.9 Å². The lowest BCUT2D eigenvalue weighted by Gasteiger charge is -2.12. The van der Waals surface area contributed by atoms with Crippen LogP contribution in [0.2, 0.25) is 0 Å². The molecule has 19 heavy (non-hydrogen) atoms. The molecule has 98 valence electrons. The Morgan fingerprint density at radius 1 is 1.26 bits per heavy atom. The molecule has 2 heteroatoms. The lowest BCUT2D eigenvalue weighted by molar-refractivity contribution is -0.114. The van der Waals surface area contributed by atoms with Crippen LogP contribution in [0.5, 0.6) is 0 Å². The van der Waals surface area contributed by atoms with E-state index in [1.165, 1.54) is 0 Å². The van der Waals surface area contributed by atoms with Gasteiger partial charge in [-0.3, -0.25) is 4.79 Å². The van der Waals surface area contributed by atoms with Crippen molar-refractivity contribution in [3.8, 4) is 0 Å². The summed E-state index contributed by atoms with van der Waals surface area (Å²) in [7, 11) is 0. The number of aliphatic hydroxyl groups excluding tert-OH is 1. The minimum Gasteiger partial charge on any atom is -0.504 e. The fourth-order valence-electron chi connectivity index (χ4n) is 2.26. The quantitative estimate of drug-likeness (QED) is 0.641. The second-order valence-electron chi connectivity index (χ2n) is 5.17. The van der Waals surface area contributed by atoms with Crippen LogP contribution >= 0.6 is 0 Å². The molecule has 0 amide bonds. The molecule has 0 radical (unpaired) electrons. The van der Waals surface area contributed by atoms with Gasteiger partial charge in [0.2, 0.25) is 5.78 Å². The molecule has 1 aromatic carbocycles. The summed E-state index contributed by atoms with van der Waals surface area (Å²) in [6, 6.07) is 9.75. The van der Waals surface area contributed by atoms with E-state index in [-0.39, 0.29) is 17.5 Å². The molecule has 1 atom stereocenters. The normalized spacial score (nSPS) is 19.1. The zero-order chi connectivity index (χ0) is 14.0. The fraction of sp³-hybridized carbons (Fsp3) is 0.294. The summed E-state index contributed by atoms with van der Waals surface area (Å²) in [5, 5.41) is 9.89. The number of carbonyl (C=O) groups excluding carboxylic acids is 1. The molecule has 1 N–H and O–H groups in total. The molecule has 0 bridgehead atoms. The molecule has 2 nitrogen and oxygen atoms in total. The first-order valence-electron chi connectivity index (χ1n) is 6.48. The summed E-state index contributed by atoms with van der Waals surface area (Å²) in [4.78, 5) is 12.1. The second-order valence-corrected chi connectivity index (χ2v) is 5.17. The van der Waals surface area contributed by atoms with Gasteiger partial charge in [-0.2, -0.15) is 0 Å². The zero-order valence-corrected chi connectivity index (χ0v) is 11.5. The van der Waals surface area contributed by atoms with Gasteiger partial charge < -0.3 is 5.11 Å². The maximum atomic E-state index is 12.1. The van der Waals surface area contributed by atoms with Gasteiger partial charge in [-0.25, -0.2) is 0 Å². The summed E-state index contributed by atoms with van der Waals surface area (Å²) < 4.78 is 0. The Kier molecular flexibility index (Phi) is 3.73. The van der Waals surface area contributed by atoms with Gasteiger partial charge in [0.05, 0.1) is 5.57 Å². The third-order valence-corrected chi connectivity index (χ3v) is 3.26. The highest BCUT2D eigenvalue weighted by Gasteiger charge is 2.35. The minimum atomic E-state index is -0.303. The summed E-state index contributed by atoms with van der Waals surface area (Å²) >= 11 is 0. The van der Waals surface area contributed by atoms with Gasteiger partial charge in [0.25, 0.3) is 0 Å². The van der Waals surface area contributed by atoms with Crippen molar-refractivity contribution in [1.29, 1.82) is 0 Å². The topological polar surface area (TPSA) is 37.3 Å². The van der Waals surface area contributed by atoms with Crippen molar-refractivity contribution in [3.63, 3.8) is 0 Å². The summed E-state index contributed by atoms with van der Waals surface area (Å²) in [6.45, 7) is 5.87. The standard InChI is InChI=1S/C17H18O2/c1-11(2)9-10-14-15(12(3)16(18)17(14)19)13-7-5-4-6-8-13/h4-9,11,15,18H,1-3H3. The van der Waals surface area contributed by atoms with Crippen LogP contribution < -0.4 is 0 Å². The molecule has 0 aromatic heterocycles. The van der Waals surface area contributed by atoms with E-state index in [4.69, 9.17) is 0 Å². The van der Waals surface area contributed by atoms with Crippen LogP contribution in [-0.2, 0) is 4.79 Å². The van der Waals surface area contributed by atoms with Crippen molar-refractivity contribution >= 4 is 5.78 Å². The maximum absolute atomic E-state index is 12.1. The van der Waals surface area contributed by atoms with Crippen molar-refractivity contribution in [2.24, 2.45) is 5.92 Å². The van der Waals surface area contributed by atoms with Crippen LogP contribution in [0.25, 0.3) is 0 Å². The van der Waals surface area contributed by atoms with Gasteiger partial charge >= 0.3 is 0 Å². The Morgan fingerprint density at radius 2 is 1.89 bits per heavy atom. The molecule has 0 saturated carbocycles. The zero-order valence-electron chi connectivity index (χ0n) is 11.5. The van der Waals surface area contributed by atoms with Crippen molar-refractivity contribution in [2.45, 2.75) is 26.7 Å². The van der Waals surface area contributed by atoms with Crippen molar-refractivity contribution in [3.05, 3.63) is 64.6 Å². The molecule has 1 aliphatic carbocycles. The van der Waals surface area contributed by atoms with Gasteiger partial charge in [-0.1, -0.05) is 44.2 Å². The number of Topliss-reactive ketones (excluding diaryl/α,β-unsaturated/α-hetero) is 1. The molecular formula is C17H18O2. The Morgan fingerprint density at radius 3 is 2.47 bits per heavy atom. The van der Waals surface area contributed by atoms with Gasteiger partial charge in [0, 0.05) is 5.92 Å². The van der Waals surface area contributed by atoms with E-state index in [0.717, 1.165) is 5.56 Å². The van der Waals surface area contributed by atoms with E-state index in [1.807, 2.05) is 50.3 Å². The smallest absolute Gasteiger partial charge is 0.231 e. The molecule has 0 aliphatic heterocycles. The van der Waals surface area contributed by atoms with Crippen LogP contribution in [0.3, 0.4) is 0 Å². The number of hydrogen-bond acceptors (Lipinski definition) is 2. The first kappa shape index (κ1) is 13.4. The Hall–Kier alpha value is -2.05. The first-order valence-corrected chi connectivity index (χ1v) is 6.48. The van der Waals surface area contributed by atoms with Gasteiger partial charge in [0.15, 0.2) is 5.76 Å². The lowest BCUT2D eigenvalue weighted by Crippen LogP contribution is -2.03. The van der Waals surface area contributed by atoms with E-state index in [9.17, 15) is 9.90 Å². The molecule has 1 unspecified atom stereocenters. The van der Waals surface area contributed by atoms with E-state index in [1.54, 1.807) is 6.92 Å². The van der Waals surface area contributed by atoms with E-state index >= 15 is 0 Å². The molecule has 1 aromatic rings. The highest BCUT2D eigenvalue weighted by Crippen LogP contribution is 2.39. The van der Waals surface area contributed by atoms with Crippen LogP contribution in [0, 0.1) is 5.92 Å². The van der Waals surface area contributed by atoms with Crippen LogP contribution in [0.15, 0.2) is 59.0 Å². The summed E-state index contributed by atoms with van der Waals surface area (Å²) in [6.07, 6.45) is 1.87. The SMILES string of the molecule is CC1=C(O)C(=O)C(=C=CC(C)C)C1c1ccccc1. The third kappa shape index (κ3) is 2.54. The average Bonchev–Trinajstić information content (AvgIpc) is 2.61. The van der Waals surface area contributed by atoms with Crippen molar-refractivity contribution < 1.29 is 9.90 Å². The number of carbonyl (C=O) groups is 1. The van der Waals surface area contributed by atoms with Gasteiger partial charge in [-0.05, 0) is 30.1 Å². The number of allylic oxidation sites excluding steroid dienone is 2. The van der Waals surface area contributed by atoms with Crippen LogP contribution in [0.1, 0.15) is 32.3 Å². The van der Waals surface area contributed by atoms with Gasteiger partial charge in [0.1, 0.15) is 0 Å². The molecular weight excluding hydrogens is 236 g/mol. The summed E-state index contributed by atoms with van der Waals surface area (Å²) in [5.74, 6) is -0.291. The minimum absolute atomic E-state index is 0.131. The highest BCUT2D eigenvalue weighted by atomic mass is 16.3. The van der Waals surface area contributed by atoms with Crippen molar-refractivity contribution in [2.75, 3.05) is 0 Å². The number of benzene rings is 1. The molecule has 0 spiro atoms. The Balaban J connectivity index is 2.55. The number of ketones is 1. The van der Waals surface area contributed by atoms with E-state index in [2.05, 4.69) is 5.73 Å². The Bertz CT molecular complexity index is 585. The summed E-state index contributed by atoms with van der Waals surface area (Å²) in [5.41, 5.74) is 5.33. The van der Waals surface area contributed by atoms with E-state index in [0.29, 0.717) is 17.1 Å². The van der Waals surface area contributed by atoms with E-state index < -0.39 is 0 Å². The largest absolute Gasteiger partial charge is 0.504 e. The molecule has 0 heterocycles. The predicted octanol–water partition coefficient (Wildman–Crippen LogP) is 3.92. The monoisotopic (exact) mass is 254 g/mol. The van der Waals surface area contributed by atoms with Gasteiger partial charge in [-0.15, -0.1) is 5.73 Å². The molecule has 1 aliphatic rings. The number of aliphatic hydroxyl groups is 1. The maximum Gasteiger partial charge on any atom is 0.231 e. The molecule has 0 fully saturated rings. The van der Waals surface area contributed by atoms with Crippen LogP contribution in [0.4, 0.5) is 0 Å². The Labute approximate surface area is 113 Å². The lowest BCUT2D eigenvalue weighted by atomic mass is 9.89. The average molecular weight is 254 g/mol. The molecule has 2 rings (SSSR count). The van der Waals surface area contributed by atoms with Crippen molar-refractivity contribution in [1.82, 2.24) is 0 Å². The first-order chi connectivity index (χ1) is 9.02. The number of hydrogen-bond donors (Lipinski definition) is 1. The fourth-order valence-corrected chi connectivity index (χ4v) is 2.26. The highest BCUT2D eigenvalue weighted by molar-refractivity contribution is 6.11. The third-order valence-electron chi connectivity index (χ3n) is 3.26. The molecule has 0 saturated heterocycles.